The van der Waals surface area contributed by atoms with Crippen molar-refractivity contribution in [2.24, 2.45) is 5.41 Å². The van der Waals surface area contributed by atoms with Gasteiger partial charge in [-0.3, -0.25) is 0 Å². The minimum Gasteiger partial charge on any atom is -0.461 e. The van der Waals surface area contributed by atoms with Crippen LogP contribution in [0, 0.1) is 28.1 Å². The van der Waals surface area contributed by atoms with E-state index in [-0.39, 0.29) is 11.1 Å². The van der Waals surface area contributed by atoms with Crippen molar-refractivity contribution in [1.82, 2.24) is 0 Å². The van der Waals surface area contributed by atoms with Gasteiger partial charge in [0.25, 0.3) is 0 Å². The molecule has 0 heterocycles. The highest BCUT2D eigenvalue weighted by Gasteiger charge is 2.35. The normalized spacial score (nSPS) is 10.5. The SMILES string of the molecule is N#CC(C(=O)OCC(CO)(CO)COC(=O)C(C#N)=C(c1ccccc1)c1ccccc1)=C(c1ccccc1)c1ccccc1. The lowest BCUT2D eigenvalue weighted by atomic mass is 9.91. The van der Waals surface area contributed by atoms with Crippen LogP contribution < -0.4 is 0 Å². The van der Waals surface area contributed by atoms with Crippen molar-refractivity contribution in [1.29, 1.82) is 10.5 Å². The van der Waals surface area contributed by atoms with Gasteiger partial charge >= 0.3 is 11.9 Å². The molecule has 8 nitrogen and oxygen atoms in total. The van der Waals surface area contributed by atoms with E-state index in [1.165, 1.54) is 0 Å². The molecule has 4 aromatic carbocycles. The zero-order valence-corrected chi connectivity index (χ0v) is 24.3. The van der Waals surface area contributed by atoms with Gasteiger partial charge in [-0.1, -0.05) is 121 Å². The van der Waals surface area contributed by atoms with Crippen LogP contribution in [0.15, 0.2) is 132 Å². The number of aliphatic hydroxyl groups is 2. The maximum atomic E-state index is 13.3. The molecule has 0 radical (unpaired) electrons. The first-order valence-corrected chi connectivity index (χ1v) is 14.0. The second kappa shape index (κ2) is 15.6. The molecule has 8 heteroatoms. The standard InChI is InChI=1S/C37H30N2O6/c38-21-31(33(27-13-5-1-6-14-27)28-15-7-2-8-16-28)35(42)44-25-37(23-40,24-41)26-45-36(43)32(22-39)34(29-17-9-3-10-18-29)30-19-11-4-12-20-30/h1-20,40-41H,23-26H2. The molecule has 4 aromatic rings. The second-order valence-corrected chi connectivity index (χ2v) is 10.2. The maximum Gasteiger partial charge on any atom is 0.349 e. The van der Waals surface area contributed by atoms with Crippen LogP contribution in [-0.2, 0) is 19.1 Å². The quantitative estimate of drug-likeness (QED) is 0.130. The Hall–Kier alpha value is -5.80. The molecule has 0 saturated heterocycles. The summed E-state index contributed by atoms with van der Waals surface area (Å²) >= 11 is 0. The summed E-state index contributed by atoms with van der Waals surface area (Å²) in [6, 6.07) is 39.4. The van der Waals surface area contributed by atoms with Crippen LogP contribution in [-0.4, -0.2) is 48.6 Å². The Labute approximate surface area is 261 Å². The van der Waals surface area contributed by atoms with Gasteiger partial charge in [0.05, 0.1) is 18.6 Å². The third kappa shape index (κ3) is 7.78. The highest BCUT2D eigenvalue weighted by molar-refractivity contribution is 6.06. The molecule has 0 aliphatic heterocycles. The van der Waals surface area contributed by atoms with Gasteiger partial charge in [0.2, 0.25) is 0 Å². The molecule has 0 fully saturated rings. The Morgan fingerprint density at radius 3 is 1.02 bits per heavy atom. The number of ether oxygens (including phenoxy) is 2. The summed E-state index contributed by atoms with van der Waals surface area (Å²) in [4.78, 5) is 26.6. The molecular weight excluding hydrogens is 568 g/mol. The largest absolute Gasteiger partial charge is 0.461 e. The molecule has 0 unspecified atom stereocenters. The number of rotatable bonds is 12. The number of nitriles is 2. The van der Waals surface area contributed by atoms with Gasteiger partial charge in [-0.2, -0.15) is 10.5 Å². The van der Waals surface area contributed by atoms with Crippen molar-refractivity contribution in [2.75, 3.05) is 26.4 Å². The lowest BCUT2D eigenvalue weighted by Crippen LogP contribution is -2.41. The number of benzene rings is 4. The average Bonchev–Trinajstić information content (AvgIpc) is 3.11. The monoisotopic (exact) mass is 598 g/mol. The van der Waals surface area contributed by atoms with Gasteiger partial charge in [0.15, 0.2) is 0 Å². The van der Waals surface area contributed by atoms with Gasteiger partial charge in [0, 0.05) is 11.1 Å². The first-order valence-electron chi connectivity index (χ1n) is 14.0. The predicted octanol–water partition coefficient (Wildman–Crippen LogP) is 5.10. The Morgan fingerprint density at radius 1 is 0.533 bits per heavy atom. The van der Waals surface area contributed by atoms with Crippen LogP contribution in [0.3, 0.4) is 0 Å². The van der Waals surface area contributed by atoms with E-state index in [0.717, 1.165) is 0 Å². The first kappa shape index (κ1) is 32.1. The van der Waals surface area contributed by atoms with Gasteiger partial charge in [0.1, 0.15) is 36.5 Å². The number of carbonyl (C=O) groups is 2. The number of hydrogen-bond acceptors (Lipinski definition) is 8. The Kier molecular flexibility index (Phi) is 11.1. The summed E-state index contributed by atoms with van der Waals surface area (Å²) in [6.45, 7) is -2.61. The third-order valence-electron chi connectivity index (χ3n) is 7.07. The summed E-state index contributed by atoms with van der Waals surface area (Å²) in [7, 11) is 0. The number of hydrogen-bond donors (Lipinski definition) is 2. The van der Waals surface area contributed by atoms with Gasteiger partial charge in [-0.25, -0.2) is 9.59 Å². The van der Waals surface area contributed by atoms with E-state index >= 15 is 0 Å². The molecule has 0 bridgehead atoms. The minimum atomic E-state index is -1.62. The molecule has 2 N–H and O–H groups in total. The molecule has 0 amide bonds. The molecule has 0 aliphatic carbocycles. The minimum absolute atomic E-state index is 0.278. The fraction of sp³-hybridized carbons (Fsp3) is 0.135. The van der Waals surface area contributed by atoms with Crippen LogP contribution in [0.25, 0.3) is 11.1 Å². The first-order chi connectivity index (χ1) is 22.0. The van der Waals surface area contributed by atoms with E-state index in [9.17, 15) is 30.3 Å². The summed E-state index contributed by atoms with van der Waals surface area (Å²) in [5, 5.41) is 40.5. The van der Waals surface area contributed by atoms with E-state index in [0.29, 0.717) is 33.4 Å². The van der Waals surface area contributed by atoms with Crippen molar-refractivity contribution in [3.8, 4) is 12.1 Å². The van der Waals surface area contributed by atoms with Gasteiger partial charge in [-0.05, 0) is 22.3 Å². The zero-order valence-electron chi connectivity index (χ0n) is 24.3. The topological polar surface area (TPSA) is 141 Å². The van der Waals surface area contributed by atoms with Crippen LogP contribution in [0.4, 0.5) is 0 Å². The molecule has 224 valence electrons. The van der Waals surface area contributed by atoms with E-state index < -0.39 is 43.8 Å². The number of nitrogens with zero attached hydrogens (tertiary/aromatic N) is 2. The lowest BCUT2D eigenvalue weighted by Gasteiger charge is -2.28. The third-order valence-corrected chi connectivity index (χ3v) is 7.07. The van der Waals surface area contributed by atoms with Crippen LogP contribution in [0.1, 0.15) is 22.3 Å². The molecule has 0 atom stereocenters. The van der Waals surface area contributed by atoms with Crippen molar-refractivity contribution < 1.29 is 29.3 Å². The number of carbonyl (C=O) groups excluding carboxylic acids is 2. The van der Waals surface area contributed by atoms with Crippen molar-refractivity contribution in [2.45, 2.75) is 0 Å². The van der Waals surface area contributed by atoms with Crippen LogP contribution in [0.5, 0.6) is 0 Å². The number of aliphatic hydroxyl groups excluding tert-OH is 2. The Balaban J connectivity index is 1.60. The highest BCUT2D eigenvalue weighted by Crippen LogP contribution is 2.30. The fourth-order valence-corrected chi connectivity index (χ4v) is 4.59. The Bertz CT molecular complexity index is 1540. The zero-order chi connectivity index (χ0) is 32.1. The smallest absolute Gasteiger partial charge is 0.349 e. The maximum absolute atomic E-state index is 13.3. The molecule has 0 aromatic heterocycles. The second-order valence-electron chi connectivity index (χ2n) is 10.2. The van der Waals surface area contributed by atoms with Gasteiger partial charge < -0.3 is 19.7 Å². The fourth-order valence-electron chi connectivity index (χ4n) is 4.59. The summed E-state index contributed by atoms with van der Waals surface area (Å²) in [6.07, 6.45) is 0. The average molecular weight is 599 g/mol. The van der Waals surface area contributed by atoms with Crippen LogP contribution in [0.2, 0.25) is 0 Å². The van der Waals surface area contributed by atoms with Crippen LogP contribution >= 0.6 is 0 Å². The van der Waals surface area contributed by atoms with E-state index in [1.54, 1.807) is 97.1 Å². The molecule has 0 spiro atoms. The Morgan fingerprint density at radius 2 is 0.800 bits per heavy atom. The summed E-state index contributed by atoms with van der Waals surface area (Å²) in [5.74, 6) is -1.96. The molecular formula is C37H30N2O6. The lowest BCUT2D eigenvalue weighted by molar-refractivity contribution is -0.153. The van der Waals surface area contributed by atoms with E-state index in [4.69, 9.17) is 9.47 Å². The van der Waals surface area contributed by atoms with E-state index in [1.807, 2.05) is 36.4 Å². The van der Waals surface area contributed by atoms with Gasteiger partial charge in [-0.15, -0.1) is 0 Å². The van der Waals surface area contributed by atoms with Crippen molar-refractivity contribution in [3.63, 3.8) is 0 Å². The molecule has 45 heavy (non-hydrogen) atoms. The molecule has 4 rings (SSSR count). The molecule has 0 aliphatic rings. The molecule has 0 saturated carbocycles. The van der Waals surface area contributed by atoms with E-state index in [2.05, 4.69) is 0 Å². The van der Waals surface area contributed by atoms with Crippen molar-refractivity contribution >= 4 is 23.1 Å². The summed E-state index contributed by atoms with van der Waals surface area (Å²) in [5.41, 5.74) is 0.995. The predicted molar refractivity (Wildman–Crippen MR) is 168 cm³/mol. The summed E-state index contributed by atoms with van der Waals surface area (Å²) < 4.78 is 10.9. The van der Waals surface area contributed by atoms with Crippen molar-refractivity contribution in [3.05, 3.63) is 155 Å². The number of esters is 2. The highest BCUT2D eigenvalue weighted by atomic mass is 16.6.